The van der Waals surface area contributed by atoms with Crippen molar-refractivity contribution in [2.45, 2.75) is 13.3 Å². The second-order valence-electron chi connectivity index (χ2n) is 5.41. The quantitative estimate of drug-likeness (QED) is 0.871. The molecule has 4 heteroatoms. The fraction of sp³-hybridized carbons (Fsp3) is 0.294. The third-order valence-electron chi connectivity index (χ3n) is 3.77. The van der Waals surface area contributed by atoms with Crippen molar-refractivity contribution in [1.29, 1.82) is 0 Å². The van der Waals surface area contributed by atoms with Gasteiger partial charge in [-0.3, -0.25) is 9.59 Å². The minimum Gasteiger partial charge on any atom is -0.312 e. The van der Waals surface area contributed by atoms with Crippen LogP contribution in [0.25, 0.3) is 10.8 Å². The van der Waals surface area contributed by atoms with Gasteiger partial charge in [-0.2, -0.15) is 0 Å². The molecule has 1 heterocycles. The van der Waals surface area contributed by atoms with Gasteiger partial charge in [0, 0.05) is 31.3 Å². The molecule has 0 aromatic heterocycles. The molecular weight excluding hydrogens is 282 g/mol. The normalized spacial score (nSPS) is 18.4. The van der Waals surface area contributed by atoms with Crippen LogP contribution in [0.4, 0.5) is 5.69 Å². The highest BCUT2D eigenvalue weighted by molar-refractivity contribution is 8.13. The molecule has 0 aliphatic carbocycles. The van der Waals surface area contributed by atoms with E-state index in [1.807, 2.05) is 23.1 Å². The maximum absolute atomic E-state index is 12.2. The maximum Gasteiger partial charge on any atom is 0.227 e. The van der Waals surface area contributed by atoms with Crippen molar-refractivity contribution in [3.8, 4) is 0 Å². The molecule has 0 radical (unpaired) electrons. The first-order chi connectivity index (χ1) is 10.1. The number of hydrogen-bond acceptors (Lipinski definition) is 3. The lowest BCUT2D eigenvalue weighted by Crippen LogP contribution is -2.24. The number of hydrogen-bond donors (Lipinski definition) is 0. The predicted molar refractivity (Wildman–Crippen MR) is 87.5 cm³/mol. The molecule has 1 aliphatic rings. The van der Waals surface area contributed by atoms with Crippen LogP contribution in [-0.4, -0.2) is 23.3 Å². The molecule has 0 spiro atoms. The first-order valence-electron chi connectivity index (χ1n) is 7.06. The summed E-state index contributed by atoms with van der Waals surface area (Å²) in [6.45, 7) is 2.28. The zero-order valence-corrected chi connectivity index (χ0v) is 12.7. The fourth-order valence-electron chi connectivity index (χ4n) is 2.72. The number of benzene rings is 2. The molecule has 2 aromatic rings. The van der Waals surface area contributed by atoms with E-state index in [0.717, 1.165) is 16.8 Å². The summed E-state index contributed by atoms with van der Waals surface area (Å²) in [5, 5.41) is 2.44. The van der Waals surface area contributed by atoms with Gasteiger partial charge in [-0.1, -0.05) is 42.1 Å². The number of carbonyl (C=O) groups excluding carboxylic acids is 2. The van der Waals surface area contributed by atoms with E-state index >= 15 is 0 Å². The highest BCUT2D eigenvalue weighted by Crippen LogP contribution is 2.29. The van der Waals surface area contributed by atoms with Gasteiger partial charge in [0.1, 0.15) is 0 Å². The Hall–Kier alpha value is -1.81. The summed E-state index contributed by atoms with van der Waals surface area (Å²) in [6.07, 6.45) is 0.535. The molecule has 1 atom stereocenters. The fourth-order valence-corrected chi connectivity index (χ4v) is 3.42. The van der Waals surface area contributed by atoms with Crippen molar-refractivity contribution in [2.75, 3.05) is 17.2 Å². The Bertz CT molecular complexity index is 698. The number of nitrogens with zero attached hydrogens (tertiary/aromatic N) is 1. The van der Waals surface area contributed by atoms with E-state index < -0.39 is 0 Å². The number of anilines is 1. The van der Waals surface area contributed by atoms with Gasteiger partial charge in [0.25, 0.3) is 0 Å². The summed E-state index contributed by atoms with van der Waals surface area (Å²) < 4.78 is 0. The highest BCUT2D eigenvalue weighted by atomic mass is 32.2. The summed E-state index contributed by atoms with van der Waals surface area (Å²) in [4.78, 5) is 25.1. The third kappa shape index (κ3) is 3.10. The van der Waals surface area contributed by atoms with Gasteiger partial charge in [0.2, 0.25) is 5.91 Å². The molecular formula is C17H17NO2S. The molecule has 0 bridgehead atoms. The molecule has 2 aromatic carbocycles. The Balaban J connectivity index is 1.79. The van der Waals surface area contributed by atoms with E-state index in [1.165, 1.54) is 17.1 Å². The number of rotatable bonds is 3. The van der Waals surface area contributed by atoms with E-state index in [9.17, 15) is 9.59 Å². The Kier molecular flexibility index (Phi) is 3.97. The first kappa shape index (κ1) is 14.1. The average molecular weight is 299 g/mol. The molecule has 1 amide bonds. The van der Waals surface area contributed by atoms with Gasteiger partial charge >= 0.3 is 0 Å². The largest absolute Gasteiger partial charge is 0.312 e. The van der Waals surface area contributed by atoms with Gasteiger partial charge < -0.3 is 4.90 Å². The second-order valence-corrected chi connectivity index (χ2v) is 6.61. The van der Waals surface area contributed by atoms with Crippen LogP contribution in [0.3, 0.4) is 0 Å². The molecule has 21 heavy (non-hydrogen) atoms. The summed E-state index contributed by atoms with van der Waals surface area (Å²) in [7, 11) is 0. The average Bonchev–Trinajstić information content (AvgIpc) is 2.86. The molecule has 3 nitrogen and oxygen atoms in total. The lowest BCUT2D eigenvalue weighted by Gasteiger charge is -2.17. The standard InChI is InChI=1S/C17H17NO2S/c1-12(19)21-11-13-8-17(20)18(10-13)16-7-6-14-4-2-3-5-15(14)9-16/h2-7,9,13H,8,10-11H2,1H3. The maximum atomic E-state index is 12.2. The van der Waals surface area contributed by atoms with Crippen LogP contribution < -0.4 is 4.90 Å². The van der Waals surface area contributed by atoms with Crippen molar-refractivity contribution in [1.82, 2.24) is 0 Å². The van der Waals surface area contributed by atoms with Crippen LogP contribution in [-0.2, 0) is 9.59 Å². The molecule has 1 aliphatic heterocycles. The monoisotopic (exact) mass is 299 g/mol. The molecule has 1 fully saturated rings. The van der Waals surface area contributed by atoms with Crippen molar-refractivity contribution < 1.29 is 9.59 Å². The van der Waals surface area contributed by atoms with E-state index in [-0.39, 0.29) is 16.9 Å². The molecule has 3 rings (SSSR count). The van der Waals surface area contributed by atoms with Crippen LogP contribution in [0, 0.1) is 5.92 Å². The number of thioether (sulfide) groups is 1. The molecule has 1 saturated heterocycles. The van der Waals surface area contributed by atoms with Gasteiger partial charge in [-0.15, -0.1) is 0 Å². The summed E-state index contributed by atoms with van der Waals surface area (Å²) in [5.74, 6) is 1.14. The van der Waals surface area contributed by atoms with Crippen molar-refractivity contribution in [3.63, 3.8) is 0 Å². The van der Waals surface area contributed by atoms with Gasteiger partial charge in [0.05, 0.1) is 0 Å². The van der Waals surface area contributed by atoms with E-state index in [2.05, 4.69) is 24.3 Å². The van der Waals surface area contributed by atoms with Gasteiger partial charge in [-0.25, -0.2) is 0 Å². The number of amides is 1. The zero-order chi connectivity index (χ0) is 14.8. The summed E-state index contributed by atoms with van der Waals surface area (Å²) >= 11 is 1.31. The smallest absolute Gasteiger partial charge is 0.227 e. The van der Waals surface area contributed by atoms with Crippen LogP contribution in [0.15, 0.2) is 42.5 Å². The van der Waals surface area contributed by atoms with E-state index in [0.29, 0.717) is 13.0 Å². The minimum atomic E-state index is 0.117. The SMILES string of the molecule is CC(=O)SCC1CC(=O)N(c2ccc3ccccc3c2)C1. The van der Waals surface area contributed by atoms with Gasteiger partial charge in [-0.05, 0) is 28.8 Å². The Labute approximate surface area is 128 Å². The number of carbonyl (C=O) groups is 2. The topological polar surface area (TPSA) is 37.4 Å². The van der Waals surface area contributed by atoms with Crippen LogP contribution in [0.5, 0.6) is 0 Å². The zero-order valence-electron chi connectivity index (χ0n) is 11.9. The Morgan fingerprint density at radius 1 is 1.24 bits per heavy atom. The first-order valence-corrected chi connectivity index (χ1v) is 8.04. The molecule has 0 saturated carbocycles. The van der Waals surface area contributed by atoms with Crippen LogP contribution >= 0.6 is 11.8 Å². The van der Waals surface area contributed by atoms with E-state index in [1.54, 1.807) is 6.92 Å². The van der Waals surface area contributed by atoms with E-state index in [4.69, 9.17) is 0 Å². The molecule has 108 valence electrons. The molecule has 1 unspecified atom stereocenters. The second kappa shape index (κ2) is 5.90. The van der Waals surface area contributed by atoms with Gasteiger partial charge in [0.15, 0.2) is 5.12 Å². The Morgan fingerprint density at radius 3 is 2.76 bits per heavy atom. The van der Waals surface area contributed by atoms with Crippen LogP contribution in [0.1, 0.15) is 13.3 Å². The summed E-state index contributed by atoms with van der Waals surface area (Å²) in [6, 6.07) is 14.3. The summed E-state index contributed by atoms with van der Waals surface area (Å²) in [5.41, 5.74) is 0.953. The number of fused-ring (bicyclic) bond motifs is 1. The third-order valence-corrected chi connectivity index (χ3v) is 4.82. The van der Waals surface area contributed by atoms with Crippen molar-refractivity contribution in [2.24, 2.45) is 5.92 Å². The van der Waals surface area contributed by atoms with Crippen LogP contribution in [0.2, 0.25) is 0 Å². The van der Waals surface area contributed by atoms with Crippen molar-refractivity contribution in [3.05, 3.63) is 42.5 Å². The minimum absolute atomic E-state index is 0.117. The highest BCUT2D eigenvalue weighted by Gasteiger charge is 2.30. The predicted octanol–water partition coefficient (Wildman–Crippen LogP) is 3.47. The lowest BCUT2D eigenvalue weighted by molar-refractivity contribution is -0.117. The van der Waals surface area contributed by atoms with Crippen molar-refractivity contribution >= 4 is 39.2 Å². The molecule has 0 N–H and O–H groups in total. The Morgan fingerprint density at radius 2 is 2.00 bits per heavy atom. The lowest BCUT2D eigenvalue weighted by atomic mass is 10.1.